The summed E-state index contributed by atoms with van der Waals surface area (Å²) < 4.78 is 5.06. The van der Waals surface area contributed by atoms with Crippen molar-refractivity contribution in [3.05, 3.63) is 0 Å². The molecule has 1 atom stereocenters. The standard InChI is InChI=1S/C11H20N2O3S/c1-11(2,3)16-10(15)13-9(17)12-8(6-14)7-4-5-7/h7-8,14H,4-6H2,1-3H3,(H2,12,13,15,17). The lowest BCUT2D eigenvalue weighted by Crippen LogP contribution is -2.47. The summed E-state index contributed by atoms with van der Waals surface area (Å²) in [5, 5.41) is 14.7. The quantitative estimate of drug-likeness (QED) is 0.664. The van der Waals surface area contributed by atoms with Crippen molar-refractivity contribution in [1.82, 2.24) is 10.6 Å². The van der Waals surface area contributed by atoms with E-state index in [0.717, 1.165) is 12.8 Å². The number of carbonyl (C=O) groups is 1. The van der Waals surface area contributed by atoms with Gasteiger partial charge in [-0.2, -0.15) is 0 Å². The summed E-state index contributed by atoms with van der Waals surface area (Å²) in [6.07, 6.45) is 1.60. The smallest absolute Gasteiger partial charge is 0.413 e. The summed E-state index contributed by atoms with van der Waals surface area (Å²) in [6.45, 7) is 5.36. The molecule has 0 aromatic rings. The van der Waals surface area contributed by atoms with E-state index >= 15 is 0 Å². The molecular weight excluding hydrogens is 240 g/mol. The number of thiocarbonyl (C=S) groups is 1. The first-order chi connectivity index (χ1) is 7.81. The molecule has 98 valence electrons. The minimum atomic E-state index is -0.581. The molecule has 6 heteroatoms. The third-order valence-electron chi connectivity index (χ3n) is 2.32. The number of alkyl carbamates (subject to hydrolysis) is 1. The van der Waals surface area contributed by atoms with Crippen molar-refractivity contribution in [1.29, 1.82) is 0 Å². The van der Waals surface area contributed by atoms with Crippen molar-refractivity contribution < 1.29 is 14.6 Å². The Morgan fingerprint density at radius 2 is 2.12 bits per heavy atom. The number of hydrogen-bond acceptors (Lipinski definition) is 4. The minimum Gasteiger partial charge on any atom is -0.444 e. The SMILES string of the molecule is CC(C)(C)OC(=O)NC(=S)NC(CO)C1CC1. The van der Waals surface area contributed by atoms with Crippen molar-refractivity contribution in [3.63, 3.8) is 0 Å². The zero-order valence-electron chi connectivity index (χ0n) is 10.4. The zero-order valence-corrected chi connectivity index (χ0v) is 11.3. The van der Waals surface area contributed by atoms with Gasteiger partial charge in [-0.1, -0.05) is 0 Å². The van der Waals surface area contributed by atoms with Crippen molar-refractivity contribution >= 4 is 23.4 Å². The molecule has 0 aromatic heterocycles. The fourth-order valence-electron chi connectivity index (χ4n) is 1.41. The van der Waals surface area contributed by atoms with Crippen LogP contribution in [0, 0.1) is 5.92 Å². The number of aliphatic hydroxyl groups is 1. The second kappa shape index (κ2) is 5.64. The summed E-state index contributed by atoms with van der Waals surface area (Å²) in [4.78, 5) is 11.4. The minimum absolute atomic E-state index is 0.0147. The largest absolute Gasteiger partial charge is 0.444 e. The normalized spacial score (nSPS) is 17.2. The lowest BCUT2D eigenvalue weighted by molar-refractivity contribution is 0.0561. The molecule has 1 fully saturated rings. The number of nitrogens with one attached hydrogen (secondary N) is 2. The van der Waals surface area contributed by atoms with Gasteiger partial charge in [-0.3, -0.25) is 5.32 Å². The van der Waals surface area contributed by atoms with Crippen LogP contribution >= 0.6 is 12.2 Å². The van der Waals surface area contributed by atoms with E-state index in [1.807, 2.05) is 0 Å². The number of amides is 1. The fourth-order valence-corrected chi connectivity index (χ4v) is 1.65. The molecule has 0 radical (unpaired) electrons. The maximum atomic E-state index is 11.4. The lowest BCUT2D eigenvalue weighted by Gasteiger charge is -2.21. The Bertz CT molecular complexity index is 298. The Balaban J connectivity index is 2.30. The van der Waals surface area contributed by atoms with Crippen LogP contribution in [0.4, 0.5) is 4.79 Å². The average molecular weight is 260 g/mol. The number of ether oxygens (including phenoxy) is 1. The van der Waals surface area contributed by atoms with Gasteiger partial charge in [0, 0.05) is 0 Å². The molecule has 1 aliphatic rings. The fraction of sp³-hybridized carbons (Fsp3) is 0.818. The van der Waals surface area contributed by atoms with Crippen LogP contribution in [0.2, 0.25) is 0 Å². The van der Waals surface area contributed by atoms with Crippen LogP contribution in [0.3, 0.4) is 0 Å². The second-order valence-corrected chi connectivity index (χ2v) is 5.64. The maximum Gasteiger partial charge on any atom is 0.413 e. The summed E-state index contributed by atoms with van der Waals surface area (Å²) in [6, 6.07) is -0.0718. The maximum absolute atomic E-state index is 11.4. The van der Waals surface area contributed by atoms with Crippen LogP contribution in [0.1, 0.15) is 33.6 Å². The summed E-state index contributed by atoms with van der Waals surface area (Å²) in [5.74, 6) is 0.457. The Labute approximate surface area is 107 Å². The molecule has 1 aliphatic carbocycles. The number of rotatable bonds is 3. The summed E-state index contributed by atoms with van der Waals surface area (Å²) in [7, 11) is 0. The zero-order chi connectivity index (χ0) is 13.1. The second-order valence-electron chi connectivity index (χ2n) is 5.23. The van der Waals surface area contributed by atoms with Gasteiger partial charge in [0.25, 0.3) is 0 Å². The predicted octanol–water partition coefficient (Wildman–Crippen LogP) is 1.16. The molecule has 0 aliphatic heterocycles. The number of hydrogen-bond donors (Lipinski definition) is 3. The van der Waals surface area contributed by atoms with Gasteiger partial charge in [-0.25, -0.2) is 4.79 Å². The van der Waals surface area contributed by atoms with Gasteiger partial charge in [0.15, 0.2) is 5.11 Å². The highest BCUT2D eigenvalue weighted by Gasteiger charge is 2.31. The molecule has 0 bridgehead atoms. The molecule has 0 spiro atoms. The van der Waals surface area contributed by atoms with Crippen LogP contribution in [-0.2, 0) is 4.74 Å². The molecule has 1 saturated carbocycles. The average Bonchev–Trinajstić information content (AvgIpc) is 2.93. The Hall–Kier alpha value is -0.880. The first-order valence-electron chi connectivity index (χ1n) is 5.73. The van der Waals surface area contributed by atoms with E-state index in [9.17, 15) is 4.79 Å². The topological polar surface area (TPSA) is 70.6 Å². The molecule has 3 N–H and O–H groups in total. The molecule has 0 heterocycles. The lowest BCUT2D eigenvalue weighted by atomic mass is 10.2. The third kappa shape index (κ3) is 5.83. The monoisotopic (exact) mass is 260 g/mol. The van der Waals surface area contributed by atoms with E-state index in [-0.39, 0.29) is 17.8 Å². The summed E-state index contributed by atoms with van der Waals surface area (Å²) >= 11 is 4.97. The van der Waals surface area contributed by atoms with E-state index in [4.69, 9.17) is 22.1 Å². The highest BCUT2D eigenvalue weighted by molar-refractivity contribution is 7.80. The Morgan fingerprint density at radius 1 is 1.53 bits per heavy atom. The molecule has 0 saturated heterocycles. The van der Waals surface area contributed by atoms with Crippen molar-refractivity contribution in [2.45, 2.75) is 45.3 Å². The highest BCUT2D eigenvalue weighted by atomic mass is 32.1. The van der Waals surface area contributed by atoms with E-state index in [2.05, 4.69) is 10.6 Å². The molecule has 17 heavy (non-hydrogen) atoms. The van der Waals surface area contributed by atoms with Gasteiger partial charge in [0.1, 0.15) is 5.60 Å². The van der Waals surface area contributed by atoms with Crippen molar-refractivity contribution in [2.24, 2.45) is 5.92 Å². The number of aliphatic hydroxyl groups excluding tert-OH is 1. The van der Waals surface area contributed by atoms with Crippen LogP contribution in [0.25, 0.3) is 0 Å². The predicted molar refractivity (Wildman–Crippen MR) is 68.7 cm³/mol. The van der Waals surface area contributed by atoms with E-state index in [1.54, 1.807) is 20.8 Å². The van der Waals surface area contributed by atoms with Crippen molar-refractivity contribution in [3.8, 4) is 0 Å². The van der Waals surface area contributed by atoms with E-state index in [0.29, 0.717) is 5.92 Å². The van der Waals surface area contributed by atoms with Crippen LogP contribution in [-0.4, -0.2) is 34.6 Å². The first-order valence-corrected chi connectivity index (χ1v) is 6.14. The number of carbonyl (C=O) groups excluding carboxylic acids is 1. The molecule has 1 rings (SSSR count). The van der Waals surface area contributed by atoms with E-state index < -0.39 is 11.7 Å². The summed E-state index contributed by atoms with van der Waals surface area (Å²) in [5.41, 5.74) is -0.549. The molecule has 1 amide bonds. The third-order valence-corrected chi connectivity index (χ3v) is 2.54. The first kappa shape index (κ1) is 14.2. The highest BCUT2D eigenvalue weighted by Crippen LogP contribution is 2.32. The van der Waals surface area contributed by atoms with Gasteiger partial charge >= 0.3 is 6.09 Å². The van der Waals surface area contributed by atoms with Crippen LogP contribution in [0.15, 0.2) is 0 Å². The van der Waals surface area contributed by atoms with Crippen LogP contribution in [0.5, 0.6) is 0 Å². The molecule has 0 aromatic carbocycles. The Kier molecular flexibility index (Phi) is 4.70. The van der Waals surface area contributed by atoms with Crippen molar-refractivity contribution in [2.75, 3.05) is 6.61 Å². The van der Waals surface area contributed by atoms with E-state index in [1.165, 1.54) is 0 Å². The van der Waals surface area contributed by atoms with Gasteiger partial charge in [-0.15, -0.1) is 0 Å². The molecular formula is C11H20N2O3S. The molecule has 1 unspecified atom stereocenters. The van der Waals surface area contributed by atoms with Gasteiger partial charge < -0.3 is 15.2 Å². The van der Waals surface area contributed by atoms with Crippen LogP contribution < -0.4 is 10.6 Å². The van der Waals surface area contributed by atoms with Gasteiger partial charge in [0.05, 0.1) is 12.6 Å². The Morgan fingerprint density at radius 3 is 2.53 bits per heavy atom. The van der Waals surface area contributed by atoms with Gasteiger partial charge in [0.2, 0.25) is 0 Å². The van der Waals surface area contributed by atoms with Gasteiger partial charge in [-0.05, 0) is 51.7 Å². The molecule has 5 nitrogen and oxygen atoms in total.